The molecular formula is C13H19N5O2. The fourth-order valence-corrected chi connectivity index (χ4v) is 1.70. The predicted molar refractivity (Wildman–Crippen MR) is 73.4 cm³/mol. The minimum atomic E-state index is -0.506. The average molecular weight is 277 g/mol. The first-order valence-corrected chi connectivity index (χ1v) is 6.32. The summed E-state index contributed by atoms with van der Waals surface area (Å²) < 4.78 is 8.76. The van der Waals surface area contributed by atoms with E-state index >= 15 is 0 Å². The summed E-state index contributed by atoms with van der Waals surface area (Å²) in [7, 11) is 1.85. The van der Waals surface area contributed by atoms with Crippen molar-refractivity contribution in [2.45, 2.75) is 32.9 Å². The Labute approximate surface area is 117 Å². The Bertz CT molecular complexity index is 594. The minimum absolute atomic E-state index is 0.337. The molecule has 108 valence electrons. The first-order chi connectivity index (χ1) is 9.35. The van der Waals surface area contributed by atoms with Crippen LogP contribution in [0.5, 0.6) is 0 Å². The lowest BCUT2D eigenvalue weighted by atomic mass is 10.2. The van der Waals surface area contributed by atoms with Crippen LogP contribution in [0.2, 0.25) is 0 Å². The van der Waals surface area contributed by atoms with Crippen molar-refractivity contribution in [2.75, 3.05) is 0 Å². The topological polar surface area (TPSA) is 74.0 Å². The summed E-state index contributed by atoms with van der Waals surface area (Å²) in [6.45, 7) is 5.81. The number of aromatic nitrogens is 4. The Morgan fingerprint density at radius 1 is 1.40 bits per heavy atom. The molecule has 0 aliphatic carbocycles. The second kappa shape index (κ2) is 5.36. The molecule has 0 aliphatic heterocycles. The van der Waals surface area contributed by atoms with Gasteiger partial charge < -0.3 is 10.1 Å². The Morgan fingerprint density at radius 2 is 2.15 bits per heavy atom. The van der Waals surface area contributed by atoms with Gasteiger partial charge in [0.1, 0.15) is 5.60 Å². The lowest BCUT2D eigenvalue weighted by molar-refractivity contribution is 0.0522. The van der Waals surface area contributed by atoms with E-state index in [1.54, 1.807) is 23.4 Å². The van der Waals surface area contributed by atoms with Gasteiger partial charge in [-0.3, -0.25) is 9.25 Å². The third-order valence-corrected chi connectivity index (χ3v) is 2.50. The molecule has 1 amide bonds. The number of amides is 1. The zero-order chi connectivity index (χ0) is 14.8. The summed E-state index contributed by atoms with van der Waals surface area (Å²) in [5, 5.41) is 6.82. The van der Waals surface area contributed by atoms with Crippen LogP contribution in [0.3, 0.4) is 0 Å². The van der Waals surface area contributed by atoms with E-state index in [1.807, 2.05) is 38.6 Å². The SMILES string of the molecule is Cn1cc(-n2cncc2CNC(=O)OC(C)(C)C)cn1. The van der Waals surface area contributed by atoms with Gasteiger partial charge in [0.25, 0.3) is 0 Å². The smallest absolute Gasteiger partial charge is 0.407 e. The number of aryl methyl sites for hydroxylation is 1. The van der Waals surface area contributed by atoms with Gasteiger partial charge in [-0.05, 0) is 20.8 Å². The van der Waals surface area contributed by atoms with E-state index in [0.29, 0.717) is 6.54 Å². The summed E-state index contributed by atoms with van der Waals surface area (Å²) in [4.78, 5) is 15.7. The number of nitrogens with one attached hydrogen (secondary N) is 1. The number of imidazole rings is 1. The summed E-state index contributed by atoms with van der Waals surface area (Å²) >= 11 is 0. The monoisotopic (exact) mass is 277 g/mol. The van der Waals surface area contributed by atoms with Crippen LogP contribution in [0.15, 0.2) is 24.9 Å². The molecule has 7 heteroatoms. The van der Waals surface area contributed by atoms with Crippen molar-refractivity contribution >= 4 is 6.09 Å². The molecule has 0 spiro atoms. The summed E-state index contributed by atoms with van der Waals surface area (Å²) in [6, 6.07) is 0. The van der Waals surface area contributed by atoms with E-state index in [-0.39, 0.29) is 0 Å². The molecule has 20 heavy (non-hydrogen) atoms. The van der Waals surface area contributed by atoms with Crippen molar-refractivity contribution in [3.8, 4) is 5.69 Å². The quantitative estimate of drug-likeness (QED) is 0.925. The first kappa shape index (κ1) is 14.1. The number of rotatable bonds is 3. The van der Waals surface area contributed by atoms with Crippen LogP contribution in [0.4, 0.5) is 4.79 Å². The highest BCUT2D eigenvalue weighted by Crippen LogP contribution is 2.10. The number of nitrogens with zero attached hydrogens (tertiary/aromatic N) is 4. The van der Waals surface area contributed by atoms with Gasteiger partial charge in [-0.15, -0.1) is 0 Å². The van der Waals surface area contributed by atoms with Crippen LogP contribution in [-0.4, -0.2) is 31.0 Å². The highest BCUT2D eigenvalue weighted by atomic mass is 16.6. The Balaban J connectivity index is 2.01. The average Bonchev–Trinajstić information content (AvgIpc) is 2.92. The third kappa shape index (κ3) is 3.59. The maximum Gasteiger partial charge on any atom is 0.407 e. The first-order valence-electron chi connectivity index (χ1n) is 6.32. The number of hydrogen-bond donors (Lipinski definition) is 1. The summed E-state index contributed by atoms with van der Waals surface area (Å²) in [5.41, 5.74) is 1.24. The molecule has 0 aliphatic rings. The van der Waals surface area contributed by atoms with Crippen molar-refractivity contribution in [1.82, 2.24) is 24.6 Å². The number of alkyl carbamates (subject to hydrolysis) is 1. The normalized spacial score (nSPS) is 11.4. The van der Waals surface area contributed by atoms with Gasteiger partial charge in [-0.2, -0.15) is 5.10 Å². The van der Waals surface area contributed by atoms with Crippen molar-refractivity contribution in [1.29, 1.82) is 0 Å². The predicted octanol–water partition coefficient (Wildman–Crippen LogP) is 1.63. The van der Waals surface area contributed by atoms with Crippen LogP contribution in [-0.2, 0) is 18.3 Å². The van der Waals surface area contributed by atoms with E-state index in [4.69, 9.17) is 4.74 Å². The van der Waals surface area contributed by atoms with E-state index in [2.05, 4.69) is 15.4 Å². The second-order valence-corrected chi connectivity index (χ2v) is 5.48. The van der Waals surface area contributed by atoms with E-state index in [1.165, 1.54) is 0 Å². The largest absolute Gasteiger partial charge is 0.444 e. The lowest BCUT2D eigenvalue weighted by Gasteiger charge is -2.19. The molecule has 0 unspecified atom stereocenters. The minimum Gasteiger partial charge on any atom is -0.444 e. The van der Waals surface area contributed by atoms with E-state index in [0.717, 1.165) is 11.4 Å². The van der Waals surface area contributed by atoms with E-state index in [9.17, 15) is 4.79 Å². The highest BCUT2D eigenvalue weighted by Gasteiger charge is 2.16. The number of carbonyl (C=O) groups is 1. The molecule has 0 bridgehead atoms. The van der Waals surface area contributed by atoms with Gasteiger partial charge in [0, 0.05) is 13.2 Å². The van der Waals surface area contributed by atoms with Crippen LogP contribution >= 0.6 is 0 Å². The summed E-state index contributed by atoms with van der Waals surface area (Å²) in [6.07, 6.45) is 6.54. The Morgan fingerprint density at radius 3 is 2.75 bits per heavy atom. The molecule has 7 nitrogen and oxygen atoms in total. The maximum absolute atomic E-state index is 11.6. The zero-order valence-corrected chi connectivity index (χ0v) is 12.1. The van der Waals surface area contributed by atoms with E-state index < -0.39 is 11.7 Å². The molecule has 2 aromatic rings. The third-order valence-electron chi connectivity index (χ3n) is 2.50. The Kier molecular flexibility index (Phi) is 3.78. The second-order valence-electron chi connectivity index (χ2n) is 5.48. The highest BCUT2D eigenvalue weighted by molar-refractivity contribution is 5.67. The molecule has 2 rings (SSSR count). The number of ether oxygens (including phenoxy) is 1. The van der Waals surface area contributed by atoms with Crippen LogP contribution in [0, 0.1) is 0 Å². The Hall–Kier alpha value is -2.31. The van der Waals surface area contributed by atoms with Crippen LogP contribution in [0.1, 0.15) is 26.5 Å². The van der Waals surface area contributed by atoms with Crippen LogP contribution in [0.25, 0.3) is 5.69 Å². The number of carbonyl (C=O) groups excluding carboxylic acids is 1. The standard InChI is InChI=1S/C13H19N5O2/c1-13(2,3)20-12(19)15-6-10-5-14-9-18(10)11-7-16-17(4)8-11/h5,7-9H,6H2,1-4H3,(H,15,19). The fourth-order valence-electron chi connectivity index (χ4n) is 1.70. The van der Waals surface area contributed by atoms with Crippen molar-refractivity contribution in [2.24, 2.45) is 7.05 Å². The molecule has 0 radical (unpaired) electrons. The number of hydrogen-bond acceptors (Lipinski definition) is 4. The molecule has 0 fully saturated rings. The molecule has 2 aromatic heterocycles. The van der Waals surface area contributed by atoms with Crippen molar-refractivity contribution in [3.63, 3.8) is 0 Å². The van der Waals surface area contributed by atoms with Crippen molar-refractivity contribution < 1.29 is 9.53 Å². The fraction of sp³-hybridized carbons (Fsp3) is 0.462. The van der Waals surface area contributed by atoms with Gasteiger partial charge in [0.2, 0.25) is 0 Å². The molecular weight excluding hydrogens is 258 g/mol. The van der Waals surface area contributed by atoms with Gasteiger partial charge in [0.15, 0.2) is 0 Å². The molecule has 2 heterocycles. The lowest BCUT2D eigenvalue weighted by Crippen LogP contribution is -2.32. The van der Waals surface area contributed by atoms with Gasteiger partial charge in [-0.1, -0.05) is 0 Å². The molecule has 0 atom stereocenters. The molecule has 0 aromatic carbocycles. The summed E-state index contributed by atoms with van der Waals surface area (Å²) in [5.74, 6) is 0. The van der Waals surface area contributed by atoms with Gasteiger partial charge in [-0.25, -0.2) is 9.78 Å². The zero-order valence-electron chi connectivity index (χ0n) is 12.1. The van der Waals surface area contributed by atoms with Gasteiger partial charge in [0.05, 0.1) is 36.6 Å². The maximum atomic E-state index is 11.6. The van der Waals surface area contributed by atoms with Gasteiger partial charge >= 0.3 is 6.09 Å². The van der Waals surface area contributed by atoms with Crippen molar-refractivity contribution in [3.05, 3.63) is 30.6 Å². The van der Waals surface area contributed by atoms with Crippen LogP contribution < -0.4 is 5.32 Å². The molecule has 1 N–H and O–H groups in total. The molecule has 0 saturated carbocycles. The molecule has 0 saturated heterocycles.